The van der Waals surface area contributed by atoms with E-state index < -0.39 is 5.92 Å². The van der Waals surface area contributed by atoms with Crippen molar-refractivity contribution in [1.82, 2.24) is 0 Å². The second-order valence-electron chi connectivity index (χ2n) is 7.21. The van der Waals surface area contributed by atoms with Crippen LogP contribution in [0.15, 0.2) is 48.5 Å². The van der Waals surface area contributed by atoms with Crippen molar-refractivity contribution in [2.75, 3.05) is 55.1 Å². The molecule has 2 aliphatic rings. The number of hydrogen-bond acceptors (Lipinski definition) is 5. The molecule has 0 saturated carbocycles. The molecular weight excluding hydrogens is 370 g/mol. The third-order valence-corrected chi connectivity index (χ3v) is 5.38. The summed E-state index contributed by atoms with van der Waals surface area (Å²) in [6, 6.07) is 15.2. The van der Waals surface area contributed by atoms with Gasteiger partial charge in [-0.3, -0.25) is 9.59 Å². The molecule has 1 N–H and O–H groups in total. The molecule has 0 aromatic heterocycles. The fourth-order valence-corrected chi connectivity index (χ4v) is 3.79. The number of benzene rings is 2. The monoisotopic (exact) mass is 395 g/mol. The highest BCUT2D eigenvalue weighted by atomic mass is 16.5. The highest BCUT2D eigenvalue weighted by molar-refractivity contribution is 6.04. The van der Waals surface area contributed by atoms with E-state index in [0.717, 1.165) is 24.5 Å². The maximum Gasteiger partial charge on any atom is 0.229 e. The van der Waals surface area contributed by atoms with Gasteiger partial charge in [0.05, 0.1) is 31.9 Å². The predicted octanol–water partition coefficient (Wildman–Crippen LogP) is 2.52. The summed E-state index contributed by atoms with van der Waals surface area (Å²) in [5.74, 6) is -0.0151. The van der Waals surface area contributed by atoms with Crippen LogP contribution in [0.4, 0.5) is 17.1 Å². The van der Waals surface area contributed by atoms with Gasteiger partial charge in [-0.2, -0.15) is 0 Å². The van der Waals surface area contributed by atoms with Gasteiger partial charge in [0, 0.05) is 37.4 Å². The zero-order valence-electron chi connectivity index (χ0n) is 16.5. The molecule has 2 saturated heterocycles. The van der Waals surface area contributed by atoms with E-state index in [4.69, 9.17) is 9.47 Å². The van der Waals surface area contributed by atoms with Crippen LogP contribution in [0.25, 0.3) is 0 Å². The van der Waals surface area contributed by atoms with Gasteiger partial charge in [0.2, 0.25) is 11.8 Å². The van der Waals surface area contributed by atoms with E-state index in [1.54, 1.807) is 12.0 Å². The van der Waals surface area contributed by atoms with Crippen LogP contribution in [0.1, 0.15) is 6.42 Å². The number of anilines is 3. The largest absolute Gasteiger partial charge is 0.495 e. The number of carbonyl (C=O) groups excluding carboxylic acids is 2. The van der Waals surface area contributed by atoms with E-state index in [2.05, 4.69) is 10.2 Å². The third kappa shape index (κ3) is 4.19. The minimum atomic E-state index is -0.403. The van der Waals surface area contributed by atoms with Gasteiger partial charge in [-0.05, 0) is 30.3 Å². The Hall–Kier alpha value is -3.06. The molecule has 0 spiro atoms. The smallest absolute Gasteiger partial charge is 0.229 e. The van der Waals surface area contributed by atoms with Crippen LogP contribution in [0.3, 0.4) is 0 Å². The van der Waals surface area contributed by atoms with Gasteiger partial charge in [-0.1, -0.05) is 18.2 Å². The third-order valence-electron chi connectivity index (χ3n) is 5.38. The van der Waals surface area contributed by atoms with Crippen molar-refractivity contribution in [2.24, 2.45) is 5.92 Å². The first-order chi connectivity index (χ1) is 14.2. The number of ether oxygens (including phenoxy) is 2. The van der Waals surface area contributed by atoms with E-state index in [1.807, 2.05) is 48.5 Å². The molecule has 2 amide bonds. The van der Waals surface area contributed by atoms with E-state index >= 15 is 0 Å². The maximum atomic E-state index is 12.9. The summed E-state index contributed by atoms with van der Waals surface area (Å²) in [6.07, 6.45) is 0.201. The molecule has 1 atom stereocenters. The molecule has 152 valence electrons. The molecule has 2 aromatic carbocycles. The Kier molecular flexibility index (Phi) is 5.67. The molecule has 2 aromatic rings. The minimum absolute atomic E-state index is 0.0367. The van der Waals surface area contributed by atoms with Crippen molar-refractivity contribution in [1.29, 1.82) is 0 Å². The van der Waals surface area contributed by atoms with Crippen LogP contribution < -0.4 is 19.9 Å². The van der Waals surface area contributed by atoms with Gasteiger partial charge in [-0.25, -0.2) is 0 Å². The molecule has 0 bridgehead atoms. The van der Waals surface area contributed by atoms with Crippen molar-refractivity contribution in [2.45, 2.75) is 6.42 Å². The number of hydrogen-bond donors (Lipinski definition) is 1. The Morgan fingerprint density at radius 2 is 1.86 bits per heavy atom. The lowest BCUT2D eigenvalue weighted by Crippen LogP contribution is -2.36. The van der Waals surface area contributed by atoms with Crippen molar-refractivity contribution >= 4 is 28.9 Å². The number of morpholine rings is 1. The molecule has 2 aliphatic heterocycles. The number of methoxy groups -OCH3 is 1. The first-order valence-electron chi connectivity index (χ1n) is 9.82. The quantitative estimate of drug-likeness (QED) is 0.842. The molecule has 7 heteroatoms. The summed E-state index contributed by atoms with van der Waals surface area (Å²) in [5.41, 5.74) is 2.45. The number of nitrogens with one attached hydrogen (secondary N) is 1. The van der Waals surface area contributed by atoms with Crippen molar-refractivity contribution < 1.29 is 19.1 Å². The second-order valence-corrected chi connectivity index (χ2v) is 7.21. The molecule has 1 unspecified atom stereocenters. The number of amides is 2. The van der Waals surface area contributed by atoms with Gasteiger partial charge in [0.1, 0.15) is 5.75 Å². The fourth-order valence-electron chi connectivity index (χ4n) is 3.79. The van der Waals surface area contributed by atoms with Gasteiger partial charge < -0.3 is 24.6 Å². The van der Waals surface area contributed by atoms with Crippen molar-refractivity contribution in [3.8, 4) is 5.75 Å². The highest BCUT2D eigenvalue weighted by Gasteiger charge is 2.35. The average Bonchev–Trinajstić information content (AvgIpc) is 3.17. The van der Waals surface area contributed by atoms with Crippen LogP contribution >= 0.6 is 0 Å². The van der Waals surface area contributed by atoms with Gasteiger partial charge in [0.25, 0.3) is 0 Å². The SMILES string of the molecule is COc1ccc(N2CCOCC2)cc1NC(=O)C1CC(=O)N(c2ccccc2)C1. The maximum absolute atomic E-state index is 12.9. The summed E-state index contributed by atoms with van der Waals surface area (Å²) >= 11 is 0. The molecule has 4 rings (SSSR count). The lowest BCUT2D eigenvalue weighted by molar-refractivity contribution is -0.122. The lowest BCUT2D eigenvalue weighted by Gasteiger charge is -2.29. The summed E-state index contributed by atoms with van der Waals surface area (Å²) in [4.78, 5) is 29.2. The molecule has 7 nitrogen and oxygen atoms in total. The Morgan fingerprint density at radius 1 is 1.10 bits per heavy atom. The standard InChI is InChI=1S/C22H25N3O4/c1-28-20-8-7-18(24-9-11-29-12-10-24)14-19(20)23-22(27)16-13-21(26)25(15-16)17-5-3-2-4-6-17/h2-8,14,16H,9-13,15H2,1H3,(H,23,27). The van der Waals surface area contributed by atoms with E-state index in [-0.39, 0.29) is 18.2 Å². The Morgan fingerprint density at radius 3 is 2.59 bits per heavy atom. The molecule has 0 aliphatic carbocycles. The molecule has 29 heavy (non-hydrogen) atoms. The van der Waals surface area contributed by atoms with Crippen LogP contribution in [0.5, 0.6) is 5.75 Å². The normalized spacial score (nSPS) is 19.3. The summed E-state index contributed by atoms with van der Waals surface area (Å²) < 4.78 is 10.8. The van der Waals surface area contributed by atoms with Crippen LogP contribution in [-0.4, -0.2) is 51.8 Å². The molecular formula is C22H25N3O4. The first-order valence-corrected chi connectivity index (χ1v) is 9.82. The van der Waals surface area contributed by atoms with E-state index in [1.165, 1.54) is 0 Å². The first kappa shape index (κ1) is 19.3. The number of nitrogens with zero attached hydrogens (tertiary/aromatic N) is 2. The van der Waals surface area contributed by atoms with Gasteiger partial charge in [-0.15, -0.1) is 0 Å². The van der Waals surface area contributed by atoms with Crippen LogP contribution in [-0.2, 0) is 14.3 Å². The number of carbonyl (C=O) groups is 2. The summed E-state index contributed by atoms with van der Waals surface area (Å²) in [7, 11) is 1.58. The molecule has 2 fully saturated rings. The lowest BCUT2D eigenvalue weighted by atomic mass is 10.1. The highest BCUT2D eigenvalue weighted by Crippen LogP contribution is 2.32. The molecule has 2 heterocycles. The van der Waals surface area contributed by atoms with Crippen LogP contribution in [0.2, 0.25) is 0 Å². The van der Waals surface area contributed by atoms with Crippen LogP contribution in [0, 0.1) is 5.92 Å². The topological polar surface area (TPSA) is 71.1 Å². The molecule has 0 radical (unpaired) electrons. The zero-order chi connectivity index (χ0) is 20.2. The predicted molar refractivity (Wildman–Crippen MR) is 112 cm³/mol. The Balaban J connectivity index is 1.48. The van der Waals surface area contributed by atoms with Crippen molar-refractivity contribution in [3.63, 3.8) is 0 Å². The van der Waals surface area contributed by atoms with E-state index in [9.17, 15) is 9.59 Å². The average molecular weight is 395 g/mol. The fraction of sp³-hybridized carbons (Fsp3) is 0.364. The Bertz CT molecular complexity index is 881. The number of rotatable bonds is 5. The van der Waals surface area contributed by atoms with E-state index in [0.29, 0.717) is 31.2 Å². The Labute approximate surface area is 170 Å². The number of para-hydroxylation sites is 1. The van der Waals surface area contributed by atoms with Crippen molar-refractivity contribution in [3.05, 3.63) is 48.5 Å². The zero-order valence-corrected chi connectivity index (χ0v) is 16.5. The minimum Gasteiger partial charge on any atom is -0.495 e. The van der Waals surface area contributed by atoms with Gasteiger partial charge >= 0.3 is 0 Å². The second kappa shape index (κ2) is 8.53. The summed E-state index contributed by atoms with van der Waals surface area (Å²) in [6.45, 7) is 3.37. The van der Waals surface area contributed by atoms with Gasteiger partial charge in [0.15, 0.2) is 0 Å². The summed E-state index contributed by atoms with van der Waals surface area (Å²) in [5, 5.41) is 2.97.